The van der Waals surface area contributed by atoms with Crippen LogP contribution in [0, 0.1) is 16.0 Å². The van der Waals surface area contributed by atoms with Gasteiger partial charge in [0.2, 0.25) is 0 Å². The van der Waals surface area contributed by atoms with Gasteiger partial charge in [-0.05, 0) is 37.4 Å². The van der Waals surface area contributed by atoms with E-state index in [-0.39, 0.29) is 10.6 Å². The van der Waals surface area contributed by atoms with Crippen LogP contribution in [0.25, 0.3) is 0 Å². The second kappa shape index (κ2) is 6.22. The first kappa shape index (κ1) is 14.8. The van der Waals surface area contributed by atoms with Gasteiger partial charge in [0.1, 0.15) is 0 Å². The molecule has 0 heterocycles. The molecule has 20 heavy (non-hydrogen) atoms. The van der Waals surface area contributed by atoms with Gasteiger partial charge >= 0.3 is 0 Å². The number of nitrogen functional groups attached to an aromatic ring is 1. The molecule has 0 spiro atoms. The van der Waals surface area contributed by atoms with Crippen LogP contribution >= 0.6 is 0 Å². The maximum absolute atomic E-state index is 10.8. The molecule has 1 fully saturated rings. The molecule has 0 aliphatic heterocycles. The Morgan fingerprint density at radius 2 is 2.20 bits per heavy atom. The van der Waals surface area contributed by atoms with Gasteiger partial charge in [-0.25, -0.2) is 0 Å². The predicted molar refractivity (Wildman–Crippen MR) is 80.4 cm³/mol. The highest BCUT2D eigenvalue weighted by Gasteiger charge is 2.23. The van der Waals surface area contributed by atoms with Gasteiger partial charge in [0, 0.05) is 30.4 Å². The third-order valence-corrected chi connectivity index (χ3v) is 4.29. The standard InChI is InChI=1S/C15H23N3O2/c1-11-4-3-5-13(8-11)17(2)10-12-9-14(18(19)20)6-7-15(12)16/h6-7,9,11,13H,3-5,8,10,16H2,1-2H3. The van der Waals surface area contributed by atoms with E-state index in [4.69, 9.17) is 5.73 Å². The SMILES string of the molecule is CC1CCCC(N(C)Cc2cc([N+](=O)[O-])ccc2N)C1. The van der Waals surface area contributed by atoms with Crippen LogP contribution in [0.15, 0.2) is 18.2 Å². The summed E-state index contributed by atoms with van der Waals surface area (Å²) >= 11 is 0. The second-order valence-corrected chi connectivity index (χ2v) is 5.98. The molecule has 5 nitrogen and oxygen atoms in total. The number of hydrogen-bond acceptors (Lipinski definition) is 4. The highest BCUT2D eigenvalue weighted by molar-refractivity contribution is 5.52. The summed E-state index contributed by atoms with van der Waals surface area (Å²) in [5.74, 6) is 0.763. The van der Waals surface area contributed by atoms with E-state index in [0.29, 0.717) is 18.3 Å². The molecule has 0 saturated heterocycles. The summed E-state index contributed by atoms with van der Waals surface area (Å²) < 4.78 is 0. The van der Waals surface area contributed by atoms with E-state index >= 15 is 0 Å². The molecule has 1 aliphatic carbocycles. The predicted octanol–water partition coefficient (Wildman–Crippen LogP) is 3.19. The van der Waals surface area contributed by atoms with E-state index < -0.39 is 0 Å². The summed E-state index contributed by atoms with van der Waals surface area (Å²) in [7, 11) is 2.08. The van der Waals surface area contributed by atoms with Crippen LogP contribution in [-0.2, 0) is 6.54 Å². The van der Waals surface area contributed by atoms with Crippen molar-refractivity contribution < 1.29 is 4.92 Å². The summed E-state index contributed by atoms with van der Waals surface area (Å²) in [6, 6.07) is 5.24. The average molecular weight is 277 g/mol. The summed E-state index contributed by atoms with van der Waals surface area (Å²) in [5.41, 5.74) is 7.53. The lowest BCUT2D eigenvalue weighted by atomic mass is 9.86. The van der Waals surface area contributed by atoms with Crippen molar-refractivity contribution in [2.75, 3.05) is 12.8 Å². The zero-order chi connectivity index (χ0) is 14.7. The fourth-order valence-corrected chi connectivity index (χ4v) is 3.04. The van der Waals surface area contributed by atoms with Gasteiger partial charge in [0.15, 0.2) is 0 Å². The molecule has 0 amide bonds. The minimum absolute atomic E-state index is 0.111. The van der Waals surface area contributed by atoms with E-state index in [0.717, 1.165) is 11.5 Å². The number of non-ortho nitro benzene ring substituents is 1. The van der Waals surface area contributed by atoms with E-state index in [1.54, 1.807) is 12.1 Å². The Morgan fingerprint density at radius 3 is 2.85 bits per heavy atom. The highest BCUT2D eigenvalue weighted by Crippen LogP contribution is 2.28. The lowest BCUT2D eigenvalue weighted by molar-refractivity contribution is -0.384. The third-order valence-electron chi connectivity index (χ3n) is 4.29. The third kappa shape index (κ3) is 3.48. The number of nitrogens with two attached hydrogens (primary N) is 1. The van der Waals surface area contributed by atoms with Crippen molar-refractivity contribution in [2.24, 2.45) is 5.92 Å². The van der Waals surface area contributed by atoms with Gasteiger partial charge in [-0.2, -0.15) is 0 Å². The number of hydrogen-bond donors (Lipinski definition) is 1. The maximum atomic E-state index is 10.8. The van der Waals surface area contributed by atoms with E-state index in [9.17, 15) is 10.1 Å². The molecule has 1 aromatic carbocycles. The van der Waals surface area contributed by atoms with Crippen molar-refractivity contribution in [3.8, 4) is 0 Å². The van der Waals surface area contributed by atoms with Crippen LogP contribution < -0.4 is 5.73 Å². The minimum atomic E-state index is -0.369. The molecule has 0 aromatic heterocycles. The van der Waals surface area contributed by atoms with Crippen LogP contribution in [0.2, 0.25) is 0 Å². The van der Waals surface area contributed by atoms with Crippen LogP contribution in [0.5, 0.6) is 0 Å². The van der Waals surface area contributed by atoms with Crippen LogP contribution in [0.4, 0.5) is 11.4 Å². The Labute approximate surface area is 119 Å². The number of nitro benzene ring substituents is 1. The van der Waals surface area contributed by atoms with E-state index in [1.807, 2.05) is 0 Å². The monoisotopic (exact) mass is 277 g/mol. The van der Waals surface area contributed by atoms with Crippen LogP contribution in [0.3, 0.4) is 0 Å². The van der Waals surface area contributed by atoms with E-state index in [2.05, 4.69) is 18.9 Å². The van der Waals surface area contributed by atoms with Crippen LogP contribution in [-0.4, -0.2) is 22.9 Å². The van der Waals surface area contributed by atoms with Crippen molar-refractivity contribution in [1.82, 2.24) is 4.90 Å². The highest BCUT2D eigenvalue weighted by atomic mass is 16.6. The van der Waals surface area contributed by atoms with Crippen molar-refractivity contribution in [3.05, 3.63) is 33.9 Å². The molecule has 110 valence electrons. The Balaban J connectivity index is 2.08. The van der Waals surface area contributed by atoms with Crippen molar-refractivity contribution in [2.45, 2.75) is 45.2 Å². The summed E-state index contributed by atoms with van der Waals surface area (Å²) in [6.45, 7) is 2.96. The minimum Gasteiger partial charge on any atom is -0.398 e. The van der Waals surface area contributed by atoms with Crippen molar-refractivity contribution >= 4 is 11.4 Å². The van der Waals surface area contributed by atoms with Gasteiger partial charge in [0.25, 0.3) is 5.69 Å². The van der Waals surface area contributed by atoms with Crippen LogP contribution in [0.1, 0.15) is 38.2 Å². The molecule has 1 aromatic rings. The van der Waals surface area contributed by atoms with Gasteiger partial charge in [-0.15, -0.1) is 0 Å². The maximum Gasteiger partial charge on any atom is 0.269 e. The molecule has 2 unspecified atom stereocenters. The van der Waals surface area contributed by atoms with Gasteiger partial charge in [-0.1, -0.05) is 19.8 Å². The van der Waals surface area contributed by atoms with E-state index in [1.165, 1.54) is 31.7 Å². The molecule has 2 atom stereocenters. The molecule has 1 aliphatic rings. The molecule has 0 bridgehead atoms. The zero-order valence-corrected chi connectivity index (χ0v) is 12.2. The Kier molecular flexibility index (Phi) is 4.60. The number of benzene rings is 1. The normalized spacial score (nSPS) is 22.9. The number of nitro groups is 1. The molecule has 2 rings (SSSR count). The Morgan fingerprint density at radius 1 is 1.45 bits per heavy atom. The molecule has 2 N–H and O–H groups in total. The average Bonchev–Trinajstić information content (AvgIpc) is 2.41. The lowest BCUT2D eigenvalue weighted by Crippen LogP contribution is -2.35. The first-order chi connectivity index (χ1) is 9.47. The molecule has 1 saturated carbocycles. The fourth-order valence-electron chi connectivity index (χ4n) is 3.04. The van der Waals surface area contributed by atoms with Crippen molar-refractivity contribution in [3.63, 3.8) is 0 Å². The zero-order valence-electron chi connectivity index (χ0n) is 12.2. The van der Waals surface area contributed by atoms with Gasteiger partial charge in [-0.3, -0.25) is 15.0 Å². The number of anilines is 1. The topological polar surface area (TPSA) is 72.4 Å². The summed E-state index contributed by atoms with van der Waals surface area (Å²) in [5, 5.41) is 10.8. The number of rotatable bonds is 4. The first-order valence-corrected chi connectivity index (χ1v) is 7.20. The quantitative estimate of drug-likeness (QED) is 0.521. The molecule has 0 radical (unpaired) electrons. The molecular weight excluding hydrogens is 254 g/mol. The Hall–Kier alpha value is -1.62. The summed E-state index contributed by atoms with van der Waals surface area (Å²) in [4.78, 5) is 12.8. The van der Waals surface area contributed by atoms with Crippen molar-refractivity contribution in [1.29, 1.82) is 0 Å². The van der Waals surface area contributed by atoms with Gasteiger partial charge < -0.3 is 5.73 Å². The Bertz CT molecular complexity index is 490. The lowest BCUT2D eigenvalue weighted by Gasteiger charge is -2.34. The summed E-state index contributed by atoms with van der Waals surface area (Å²) in [6.07, 6.45) is 4.98. The molecular formula is C15H23N3O2. The number of nitrogens with zero attached hydrogens (tertiary/aromatic N) is 2. The second-order valence-electron chi connectivity index (χ2n) is 5.98. The fraction of sp³-hybridized carbons (Fsp3) is 0.600. The van der Waals surface area contributed by atoms with Gasteiger partial charge in [0.05, 0.1) is 4.92 Å². The smallest absolute Gasteiger partial charge is 0.269 e. The molecule has 5 heteroatoms. The first-order valence-electron chi connectivity index (χ1n) is 7.20. The largest absolute Gasteiger partial charge is 0.398 e.